The summed E-state index contributed by atoms with van der Waals surface area (Å²) in [5, 5.41) is 8.95. The molecule has 26 heavy (non-hydrogen) atoms. The number of halogens is 1. The number of nitriles is 1. The third-order valence-corrected chi connectivity index (χ3v) is 4.33. The molecule has 0 unspecified atom stereocenters. The number of hydrogen-bond acceptors (Lipinski definition) is 5. The van der Waals surface area contributed by atoms with Crippen LogP contribution in [-0.2, 0) is 9.53 Å². The average Bonchev–Trinajstić information content (AvgIpc) is 2.66. The number of piperazine rings is 1. The molecule has 0 saturated carbocycles. The Morgan fingerprint density at radius 3 is 2.38 bits per heavy atom. The Kier molecular flexibility index (Phi) is 8.83. The lowest BCUT2D eigenvalue weighted by molar-refractivity contribution is -0.116. The van der Waals surface area contributed by atoms with Crippen molar-refractivity contribution in [3.63, 3.8) is 0 Å². The molecule has 0 radical (unpaired) electrons. The Bertz CT molecular complexity index is 662. The van der Waals surface area contributed by atoms with Crippen LogP contribution < -0.4 is 0 Å². The van der Waals surface area contributed by atoms with Gasteiger partial charge in [0, 0.05) is 38.6 Å². The first-order chi connectivity index (χ1) is 12.1. The molecule has 1 heterocycles. The van der Waals surface area contributed by atoms with E-state index in [-0.39, 0.29) is 30.3 Å². The van der Waals surface area contributed by atoms with Crippen LogP contribution in [0.15, 0.2) is 36.9 Å². The molecule has 7 heteroatoms. The summed E-state index contributed by atoms with van der Waals surface area (Å²) in [6.45, 7) is 8.15. The van der Waals surface area contributed by atoms with E-state index in [1.54, 1.807) is 24.0 Å². The summed E-state index contributed by atoms with van der Waals surface area (Å²) in [4.78, 5) is 27.6. The summed E-state index contributed by atoms with van der Waals surface area (Å²) in [6.07, 6.45) is 1.37. The maximum absolute atomic E-state index is 11.9. The molecular weight excluding hydrogens is 354 g/mol. The van der Waals surface area contributed by atoms with E-state index in [4.69, 9.17) is 10.00 Å². The van der Waals surface area contributed by atoms with Crippen LogP contribution >= 0.6 is 12.4 Å². The molecule has 1 amide bonds. The molecule has 140 valence electrons. The van der Waals surface area contributed by atoms with Crippen molar-refractivity contribution in [3.8, 4) is 6.07 Å². The highest BCUT2D eigenvalue weighted by atomic mass is 35.5. The number of amides is 1. The molecule has 0 aromatic heterocycles. The molecule has 0 bridgehead atoms. The molecule has 6 nitrogen and oxygen atoms in total. The Morgan fingerprint density at radius 2 is 1.88 bits per heavy atom. The fraction of sp³-hybridized carbons (Fsp3) is 0.421. The standard InChI is InChI=1S/C19H23N3O3.ClH/c1-3-17(23)13-18(16-7-5-15(14-20)6-8-16)21-9-11-22(12-10-21)19(24)25-4-2;/h3,5-8,18H,1,4,9-13H2,2H3;1H/t18-;/m0./s1. The summed E-state index contributed by atoms with van der Waals surface area (Å²) in [6, 6.07) is 9.30. The van der Waals surface area contributed by atoms with E-state index in [1.807, 2.05) is 12.1 Å². The molecule has 0 spiro atoms. The third kappa shape index (κ3) is 5.58. The van der Waals surface area contributed by atoms with Crippen LogP contribution in [0.2, 0.25) is 0 Å². The molecular formula is C19H24ClN3O3. The van der Waals surface area contributed by atoms with Gasteiger partial charge in [-0.2, -0.15) is 5.26 Å². The predicted molar refractivity (Wildman–Crippen MR) is 101 cm³/mol. The first-order valence-corrected chi connectivity index (χ1v) is 8.40. The van der Waals surface area contributed by atoms with Gasteiger partial charge in [-0.25, -0.2) is 4.79 Å². The Balaban J connectivity index is 0.00000338. The topological polar surface area (TPSA) is 73.6 Å². The van der Waals surface area contributed by atoms with Gasteiger partial charge in [-0.05, 0) is 30.7 Å². The monoisotopic (exact) mass is 377 g/mol. The van der Waals surface area contributed by atoms with Crippen molar-refractivity contribution in [2.24, 2.45) is 0 Å². The second-order valence-electron chi connectivity index (χ2n) is 5.85. The van der Waals surface area contributed by atoms with Crippen molar-refractivity contribution in [2.45, 2.75) is 19.4 Å². The third-order valence-electron chi connectivity index (χ3n) is 4.33. The zero-order valence-corrected chi connectivity index (χ0v) is 15.7. The van der Waals surface area contributed by atoms with Gasteiger partial charge in [-0.1, -0.05) is 18.7 Å². The van der Waals surface area contributed by atoms with E-state index in [0.717, 1.165) is 5.56 Å². The molecule has 2 rings (SSSR count). The van der Waals surface area contributed by atoms with E-state index in [0.29, 0.717) is 44.8 Å². The van der Waals surface area contributed by atoms with E-state index in [9.17, 15) is 9.59 Å². The molecule has 1 aromatic rings. The Hall–Kier alpha value is -2.36. The molecule has 1 saturated heterocycles. The lowest BCUT2D eigenvalue weighted by Crippen LogP contribution is -2.50. The predicted octanol–water partition coefficient (Wildman–Crippen LogP) is 2.94. The van der Waals surface area contributed by atoms with Crippen LogP contribution in [0, 0.1) is 11.3 Å². The van der Waals surface area contributed by atoms with Crippen molar-refractivity contribution in [1.82, 2.24) is 9.80 Å². The number of nitrogens with zero attached hydrogens (tertiary/aromatic N) is 3. The van der Waals surface area contributed by atoms with Crippen LogP contribution in [-0.4, -0.2) is 54.5 Å². The summed E-state index contributed by atoms with van der Waals surface area (Å²) in [7, 11) is 0. The number of benzene rings is 1. The largest absolute Gasteiger partial charge is 0.450 e. The number of rotatable bonds is 6. The normalized spacial score (nSPS) is 15.3. The first-order valence-electron chi connectivity index (χ1n) is 8.40. The number of ether oxygens (including phenoxy) is 1. The fourth-order valence-corrected chi connectivity index (χ4v) is 2.94. The van der Waals surface area contributed by atoms with Crippen LogP contribution in [0.25, 0.3) is 0 Å². The lowest BCUT2D eigenvalue weighted by Gasteiger charge is -2.38. The summed E-state index contributed by atoms with van der Waals surface area (Å²) in [5.41, 5.74) is 1.57. The van der Waals surface area contributed by atoms with E-state index in [2.05, 4.69) is 17.5 Å². The van der Waals surface area contributed by atoms with E-state index < -0.39 is 0 Å². The summed E-state index contributed by atoms with van der Waals surface area (Å²) >= 11 is 0. The molecule has 1 atom stereocenters. The zero-order valence-electron chi connectivity index (χ0n) is 14.9. The molecule has 1 aliphatic rings. The minimum absolute atomic E-state index is 0. The second-order valence-corrected chi connectivity index (χ2v) is 5.85. The van der Waals surface area contributed by atoms with Crippen LogP contribution in [0.1, 0.15) is 30.5 Å². The summed E-state index contributed by atoms with van der Waals surface area (Å²) < 4.78 is 5.04. The number of hydrogen-bond donors (Lipinski definition) is 0. The Morgan fingerprint density at radius 1 is 1.27 bits per heavy atom. The van der Waals surface area contributed by atoms with Crippen molar-refractivity contribution >= 4 is 24.3 Å². The number of allylic oxidation sites excluding steroid dienone is 1. The number of carbonyl (C=O) groups is 2. The van der Waals surface area contributed by atoms with Gasteiger partial charge in [0.2, 0.25) is 0 Å². The van der Waals surface area contributed by atoms with Gasteiger partial charge < -0.3 is 9.64 Å². The van der Waals surface area contributed by atoms with Gasteiger partial charge in [0.15, 0.2) is 5.78 Å². The number of carbonyl (C=O) groups excluding carboxylic acids is 2. The molecule has 1 fully saturated rings. The number of ketones is 1. The van der Waals surface area contributed by atoms with Gasteiger partial charge in [0.05, 0.1) is 18.2 Å². The first kappa shape index (κ1) is 21.7. The molecule has 1 aliphatic heterocycles. The van der Waals surface area contributed by atoms with Crippen molar-refractivity contribution in [2.75, 3.05) is 32.8 Å². The van der Waals surface area contributed by atoms with Crippen molar-refractivity contribution < 1.29 is 14.3 Å². The van der Waals surface area contributed by atoms with Gasteiger partial charge >= 0.3 is 6.09 Å². The molecule has 0 aliphatic carbocycles. The maximum atomic E-state index is 11.9. The SMILES string of the molecule is C=CC(=O)C[C@@H](c1ccc(C#N)cc1)N1CCN(C(=O)OCC)CC1.Cl. The van der Waals surface area contributed by atoms with Gasteiger partial charge in [0.1, 0.15) is 0 Å². The molecule has 1 aromatic carbocycles. The maximum Gasteiger partial charge on any atom is 0.409 e. The van der Waals surface area contributed by atoms with E-state index >= 15 is 0 Å². The highest BCUT2D eigenvalue weighted by Gasteiger charge is 2.28. The van der Waals surface area contributed by atoms with Gasteiger partial charge in [-0.15, -0.1) is 12.4 Å². The van der Waals surface area contributed by atoms with Crippen LogP contribution in [0.5, 0.6) is 0 Å². The fourth-order valence-electron chi connectivity index (χ4n) is 2.94. The zero-order chi connectivity index (χ0) is 18.2. The quantitative estimate of drug-likeness (QED) is 0.712. The Labute approximate surface area is 160 Å². The van der Waals surface area contributed by atoms with Crippen molar-refractivity contribution in [3.05, 3.63) is 48.0 Å². The van der Waals surface area contributed by atoms with Crippen molar-refractivity contribution in [1.29, 1.82) is 5.26 Å². The smallest absolute Gasteiger partial charge is 0.409 e. The average molecular weight is 378 g/mol. The molecule has 0 N–H and O–H groups in total. The minimum atomic E-state index is -0.292. The highest BCUT2D eigenvalue weighted by molar-refractivity contribution is 5.89. The minimum Gasteiger partial charge on any atom is -0.450 e. The highest BCUT2D eigenvalue weighted by Crippen LogP contribution is 2.26. The van der Waals surface area contributed by atoms with Gasteiger partial charge in [0.25, 0.3) is 0 Å². The van der Waals surface area contributed by atoms with E-state index in [1.165, 1.54) is 6.08 Å². The lowest BCUT2D eigenvalue weighted by atomic mass is 9.98. The van der Waals surface area contributed by atoms with Crippen LogP contribution in [0.3, 0.4) is 0 Å². The van der Waals surface area contributed by atoms with Crippen LogP contribution in [0.4, 0.5) is 4.79 Å². The second kappa shape index (κ2) is 10.6. The summed E-state index contributed by atoms with van der Waals surface area (Å²) in [5.74, 6) is -0.0258. The van der Waals surface area contributed by atoms with Gasteiger partial charge in [-0.3, -0.25) is 9.69 Å².